The maximum Gasteiger partial charge on any atom is 0.407 e. The Balaban J connectivity index is 1.68. The Morgan fingerprint density at radius 1 is 1.22 bits per heavy atom. The topological polar surface area (TPSA) is 89.9 Å². The molecular formula is C27H36FN3O5. The predicted octanol–water partition coefficient (Wildman–Crippen LogP) is 4.70. The Kier molecular flexibility index (Phi) is 7.03. The summed E-state index contributed by atoms with van der Waals surface area (Å²) < 4.78 is 27.9. The first kappa shape index (κ1) is 26.0. The summed E-state index contributed by atoms with van der Waals surface area (Å²) in [6, 6.07) is 2.52. The van der Waals surface area contributed by atoms with Crippen molar-refractivity contribution in [2.45, 2.75) is 78.5 Å². The number of nitrogens with zero attached hydrogens (tertiary/aromatic N) is 2. The first-order valence-corrected chi connectivity index (χ1v) is 12.7. The summed E-state index contributed by atoms with van der Waals surface area (Å²) in [5.41, 5.74) is 0.891. The monoisotopic (exact) mass is 501 g/mol. The highest BCUT2D eigenvalue weighted by Crippen LogP contribution is 2.41. The van der Waals surface area contributed by atoms with Gasteiger partial charge in [-0.3, -0.25) is 4.79 Å². The SMILES string of the molecule is CCOC(=O)c1cc(=O)n(C2CC2)c2c(C)c(N3CCC([C@H](C)NC(=O)OC(C)(C)C)C3)c(F)cc12. The molecule has 1 amide bonds. The second kappa shape index (κ2) is 9.75. The van der Waals surface area contributed by atoms with Crippen molar-refractivity contribution in [2.75, 3.05) is 24.6 Å². The molecule has 196 valence electrons. The number of nitrogens with one attached hydrogen (secondary N) is 1. The van der Waals surface area contributed by atoms with Crippen LogP contribution in [0.15, 0.2) is 16.9 Å². The van der Waals surface area contributed by atoms with Gasteiger partial charge in [-0.1, -0.05) is 0 Å². The van der Waals surface area contributed by atoms with Crippen molar-refractivity contribution in [1.29, 1.82) is 0 Å². The number of benzene rings is 1. The Hall–Kier alpha value is -3.10. The van der Waals surface area contributed by atoms with Gasteiger partial charge in [0.25, 0.3) is 5.56 Å². The van der Waals surface area contributed by atoms with Gasteiger partial charge in [0, 0.05) is 36.6 Å². The number of esters is 1. The van der Waals surface area contributed by atoms with Crippen molar-refractivity contribution in [2.24, 2.45) is 5.92 Å². The van der Waals surface area contributed by atoms with Gasteiger partial charge in [0.1, 0.15) is 11.4 Å². The van der Waals surface area contributed by atoms with E-state index in [4.69, 9.17) is 9.47 Å². The normalized spacial score (nSPS) is 18.9. The molecule has 4 rings (SSSR count). The van der Waals surface area contributed by atoms with Gasteiger partial charge in [-0.15, -0.1) is 0 Å². The van der Waals surface area contributed by atoms with Crippen molar-refractivity contribution < 1.29 is 23.5 Å². The van der Waals surface area contributed by atoms with Crippen LogP contribution in [-0.2, 0) is 9.47 Å². The molecule has 1 aromatic heterocycles. The maximum atomic E-state index is 15.7. The lowest BCUT2D eigenvalue weighted by molar-refractivity contribution is 0.0491. The van der Waals surface area contributed by atoms with E-state index in [1.54, 1.807) is 11.5 Å². The summed E-state index contributed by atoms with van der Waals surface area (Å²) in [5.74, 6) is -0.971. The number of carbonyl (C=O) groups excluding carboxylic acids is 2. The molecule has 2 aliphatic rings. The van der Waals surface area contributed by atoms with Crippen LogP contribution in [0.5, 0.6) is 0 Å². The van der Waals surface area contributed by atoms with E-state index in [0.29, 0.717) is 35.2 Å². The number of rotatable bonds is 6. The van der Waals surface area contributed by atoms with Gasteiger partial charge in [0.15, 0.2) is 0 Å². The van der Waals surface area contributed by atoms with Crippen LogP contribution in [0.25, 0.3) is 10.9 Å². The fourth-order valence-corrected chi connectivity index (χ4v) is 5.12. The van der Waals surface area contributed by atoms with Crippen molar-refractivity contribution in [3.8, 4) is 0 Å². The number of amides is 1. The zero-order chi connectivity index (χ0) is 26.4. The third-order valence-corrected chi connectivity index (χ3v) is 6.90. The van der Waals surface area contributed by atoms with Crippen LogP contribution in [0, 0.1) is 18.7 Å². The Morgan fingerprint density at radius 3 is 2.53 bits per heavy atom. The summed E-state index contributed by atoms with van der Waals surface area (Å²) in [7, 11) is 0. The maximum absolute atomic E-state index is 15.7. The van der Waals surface area contributed by atoms with Crippen molar-refractivity contribution >= 4 is 28.7 Å². The first-order chi connectivity index (χ1) is 16.9. The van der Waals surface area contributed by atoms with E-state index >= 15 is 4.39 Å². The zero-order valence-corrected chi connectivity index (χ0v) is 21.9. The number of fused-ring (bicyclic) bond motifs is 1. The number of ether oxygens (including phenoxy) is 2. The predicted molar refractivity (Wildman–Crippen MR) is 136 cm³/mol. The average molecular weight is 502 g/mol. The molecule has 1 unspecified atom stereocenters. The Bertz CT molecular complexity index is 1240. The van der Waals surface area contributed by atoms with E-state index in [1.807, 2.05) is 39.5 Å². The molecule has 1 aliphatic heterocycles. The number of hydrogen-bond acceptors (Lipinski definition) is 6. The molecule has 1 aliphatic carbocycles. The molecule has 2 fully saturated rings. The van der Waals surface area contributed by atoms with Crippen LogP contribution < -0.4 is 15.8 Å². The Labute approximate surface area is 210 Å². The molecule has 2 atom stereocenters. The minimum atomic E-state index is -0.627. The minimum Gasteiger partial charge on any atom is -0.462 e. The molecule has 1 N–H and O–H groups in total. The van der Waals surface area contributed by atoms with Crippen LogP contribution in [0.3, 0.4) is 0 Å². The summed E-state index contributed by atoms with van der Waals surface area (Å²) in [4.78, 5) is 39.9. The summed E-state index contributed by atoms with van der Waals surface area (Å²) in [6.45, 7) is 12.2. The van der Waals surface area contributed by atoms with Gasteiger partial charge >= 0.3 is 12.1 Å². The van der Waals surface area contributed by atoms with Crippen molar-refractivity contribution in [3.63, 3.8) is 0 Å². The molecule has 1 aromatic carbocycles. The van der Waals surface area contributed by atoms with Gasteiger partial charge in [0.05, 0.1) is 23.4 Å². The quantitative estimate of drug-likeness (QED) is 0.577. The molecule has 1 saturated heterocycles. The lowest BCUT2D eigenvalue weighted by atomic mass is 10.0. The fourth-order valence-electron chi connectivity index (χ4n) is 5.12. The number of hydrogen-bond donors (Lipinski definition) is 1. The largest absolute Gasteiger partial charge is 0.462 e. The van der Waals surface area contributed by atoms with Crippen LogP contribution >= 0.6 is 0 Å². The van der Waals surface area contributed by atoms with Gasteiger partial charge in [-0.05, 0) is 78.4 Å². The van der Waals surface area contributed by atoms with E-state index in [1.165, 1.54) is 12.1 Å². The molecule has 1 saturated carbocycles. The number of aryl methyl sites for hydroxylation is 1. The number of aromatic nitrogens is 1. The Morgan fingerprint density at radius 2 is 1.92 bits per heavy atom. The number of alkyl carbamates (subject to hydrolysis) is 1. The molecule has 9 heteroatoms. The van der Waals surface area contributed by atoms with E-state index in [-0.39, 0.29) is 35.7 Å². The third-order valence-electron chi connectivity index (χ3n) is 6.90. The summed E-state index contributed by atoms with van der Waals surface area (Å²) in [6.07, 6.45) is 2.05. The molecular weight excluding hydrogens is 465 g/mol. The van der Waals surface area contributed by atoms with Crippen LogP contribution in [0.2, 0.25) is 0 Å². The summed E-state index contributed by atoms with van der Waals surface area (Å²) >= 11 is 0. The molecule has 8 nitrogen and oxygen atoms in total. The lowest BCUT2D eigenvalue weighted by Gasteiger charge is -2.27. The van der Waals surface area contributed by atoms with Crippen LogP contribution in [0.4, 0.5) is 14.9 Å². The number of halogens is 1. The second-order valence-electron chi connectivity index (χ2n) is 10.9. The van der Waals surface area contributed by atoms with Crippen LogP contribution in [0.1, 0.15) is 75.8 Å². The minimum absolute atomic E-state index is 0.0534. The molecule has 2 aromatic rings. The lowest BCUT2D eigenvalue weighted by Crippen LogP contribution is -2.42. The molecule has 0 spiro atoms. The number of pyridine rings is 1. The zero-order valence-electron chi connectivity index (χ0n) is 21.9. The average Bonchev–Trinajstić information content (AvgIpc) is 3.48. The van der Waals surface area contributed by atoms with Gasteiger partial charge < -0.3 is 24.3 Å². The second-order valence-corrected chi connectivity index (χ2v) is 10.9. The highest BCUT2D eigenvalue weighted by molar-refractivity contribution is 6.05. The highest BCUT2D eigenvalue weighted by atomic mass is 19.1. The molecule has 36 heavy (non-hydrogen) atoms. The standard InChI is InChI=1S/C27H36FN3O5/c1-7-35-25(33)20-13-22(32)31(18-8-9-18)23-15(2)24(21(28)12-19(20)23)30-11-10-17(14-30)16(3)29-26(34)36-27(4,5)6/h12-13,16-18H,7-11,14H2,1-6H3,(H,29,34)/t16-,17?/m0/s1. The van der Waals surface area contributed by atoms with E-state index in [0.717, 1.165) is 19.3 Å². The van der Waals surface area contributed by atoms with E-state index < -0.39 is 23.5 Å². The van der Waals surface area contributed by atoms with Gasteiger partial charge in [-0.25, -0.2) is 14.0 Å². The smallest absolute Gasteiger partial charge is 0.407 e. The number of carbonyl (C=O) groups is 2. The van der Waals surface area contributed by atoms with Crippen LogP contribution in [-0.4, -0.2) is 48.0 Å². The summed E-state index contributed by atoms with van der Waals surface area (Å²) in [5, 5.41) is 3.30. The fraction of sp³-hybridized carbons (Fsp3) is 0.593. The number of anilines is 1. The molecule has 0 radical (unpaired) electrons. The third kappa shape index (κ3) is 5.20. The molecule has 0 bridgehead atoms. The molecule has 2 heterocycles. The highest BCUT2D eigenvalue weighted by Gasteiger charge is 2.34. The van der Waals surface area contributed by atoms with E-state index in [2.05, 4.69) is 5.32 Å². The first-order valence-electron chi connectivity index (χ1n) is 12.7. The van der Waals surface area contributed by atoms with Crippen molar-refractivity contribution in [1.82, 2.24) is 9.88 Å². The van der Waals surface area contributed by atoms with E-state index in [9.17, 15) is 14.4 Å². The van der Waals surface area contributed by atoms with Crippen molar-refractivity contribution in [3.05, 3.63) is 39.4 Å². The van der Waals surface area contributed by atoms with Gasteiger partial charge in [-0.2, -0.15) is 0 Å². The van der Waals surface area contributed by atoms with Gasteiger partial charge in [0.2, 0.25) is 0 Å².